The van der Waals surface area contributed by atoms with Gasteiger partial charge >= 0.3 is 6.09 Å². The van der Waals surface area contributed by atoms with Gasteiger partial charge in [0.05, 0.1) is 0 Å². The average molecular weight is 293 g/mol. The number of amides is 1. The summed E-state index contributed by atoms with van der Waals surface area (Å²) >= 11 is 0. The predicted molar refractivity (Wildman–Crippen MR) is 82.3 cm³/mol. The summed E-state index contributed by atoms with van der Waals surface area (Å²) in [5.41, 5.74) is 0.337. The Kier molecular flexibility index (Phi) is 4.30. The fourth-order valence-electron chi connectivity index (χ4n) is 2.44. The third-order valence-electron chi connectivity index (χ3n) is 3.64. The molecule has 2 N–H and O–H groups in total. The Hall–Kier alpha value is -1.52. The molecule has 1 saturated carbocycles. The lowest BCUT2D eigenvalue weighted by Gasteiger charge is -2.28. The Morgan fingerprint density at radius 2 is 2.05 bits per heavy atom. The number of carbonyl (C=O) groups is 1. The topological polar surface area (TPSA) is 67.0 Å². The number of hydrogen-bond acceptors (Lipinski definition) is 3. The molecule has 118 valence electrons. The van der Waals surface area contributed by atoms with Crippen LogP contribution in [0.4, 0.5) is 4.79 Å². The highest BCUT2D eigenvalue weighted by Gasteiger charge is 2.27. The zero-order valence-electron chi connectivity index (χ0n) is 13.7. The van der Waals surface area contributed by atoms with E-state index < -0.39 is 17.2 Å². The maximum absolute atomic E-state index is 11.9. The van der Waals surface area contributed by atoms with Crippen molar-refractivity contribution >= 4 is 6.09 Å². The number of ether oxygens (including phenoxy) is 1. The van der Waals surface area contributed by atoms with Gasteiger partial charge in [0, 0.05) is 29.8 Å². The predicted octanol–water partition coefficient (Wildman–Crippen LogP) is 3.52. The second-order valence-electron chi connectivity index (χ2n) is 7.60. The summed E-state index contributed by atoms with van der Waals surface area (Å²) in [6.45, 7) is 9.52. The molecule has 0 atom stereocenters. The smallest absolute Gasteiger partial charge is 0.408 e. The van der Waals surface area contributed by atoms with Gasteiger partial charge in [-0.05, 0) is 47.5 Å². The van der Waals surface area contributed by atoms with Crippen LogP contribution in [0.25, 0.3) is 0 Å². The van der Waals surface area contributed by atoms with Crippen molar-refractivity contribution in [1.82, 2.24) is 15.3 Å². The first-order chi connectivity index (χ1) is 9.65. The van der Waals surface area contributed by atoms with Gasteiger partial charge in [0.2, 0.25) is 0 Å². The van der Waals surface area contributed by atoms with Crippen molar-refractivity contribution in [3.8, 4) is 0 Å². The normalized spacial score (nSPS) is 16.4. The van der Waals surface area contributed by atoms with E-state index in [4.69, 9.17) is 4.74 Å². The number of imidazole rings is 1. The van der Waals surface area contributed by atoms with Crippen LogP contribution in [-0.2, 0) is 11.2 Å². The van der Waals surface area contributed by atoms with Crippen LogP contribution in [0.5, 0.6) is 0 Å². The number of rotatable bonds is 4. The molecule has 1 aromatic rings. The van der Waals surface area contributed by atoms with Gasteiger partial charge in [0.1, 0.15) is 11.4 Å². The van der Waals surface area contributed by atoms with E-state index in [-0.39, 0.29) is 0 Å². The van der Waals surface area contributed by atoms with E-state index in [2.05, 4.69) is 15.3 Å². The van der Waals surface area contributed by atoms with Crippen molar-refractivity contribution in [2.45, 2.75) is 77.4 Å². The van der Waals surface area contributed by atoms with Crippen molar-refractivity contribution in [3.63, 3.8) is 0 Å². The highest BCUT2D eigenvalue weighted by Crippen LogP contribution is 2.35. The van der Waals surface area contributed by atoms with Crippen LogP contribution in [0.1, 0.15) is 71.3 Å². The number of nitrogens with zero attached hydrogens (tertiary/aromatic N) is 1. The van der Waals surface area contributed by atoms with Gasteiger partial charge in [-0.3, -0.25) is 0 Å². The van der Waals surface area contributed by atoms with Crippen molar-refractivity contribution in [3.05, 3.63) is 17.7 Å². The van der Waals surface area contributed by atoms with Crippen molar-refractivity contribution in [1.29, 1.82) is 0 Å². The number of hydrogen-bond donors (Lipinski definition) is 2. The number of H-pyrrole nitrogens is 1. The van der Waals surface area contributed by atoms with E-state index in [0.29, 0.717) is 12.3 Å². The number of nitrogens with one attached hydrogen (secondary N) is 2. The second kappa shape index (κ2) is 5.70. The summed E-state index contributed by atoms with van der Waals surface area (Å²) < 4.78 is 5.30. The summed E-state index contributed by atoms with van der Waals surface area (Å²) in [5, 5.41) is 2.91. The Morgan fingerprint density at radius 1 is 1.38 bits per heavy atom. The van der Waals surface area contributed by atoms with Gasteiger partial charge in [-0.1, -0.05) is 6.42 Å². The molecular weight excluding hydrogens is 266 g/mol. The summed E-state index contributed by atoms with van der Waals surface area (Å²) in [6.07, 6.45) is 6.01. The standard InChI is InChI=1S/C16H27N3O2/c1-15(2,3)21-14(20)19-16(4,5)9-13-17-10-12(18-13)11-7-6-8-11/h10-11H,6-9H2,1-5H3,(H,17,18)(H,19,20). The fourth-order valence-corrected chi connectivity index (χ4v) is 2.44. The Labute approximate surface area is 126 Å². The second-order valence-corrected chi connectivity index (χ2v) is 7.60. The van der Waals surface area contributed by atoms with Crippen LogP contribution in [0.3, 0.4) is 0 Å². The van der Waals surface area contributed by atoms with Crippen molar-refractivity contribution < 1.29 is 9.53 Å². The number of aromatic nitrogens is 2. The SMILES string of the molecule is CC(C)(Cc1ncc(C2CCC2)[nH]1)NC(=O)OC(C)(C)C. The van der Waals surface area contributed by atoms with Crippen LogP contribution in [0.2, 0.25) is 0 Å². The molecule has 0 saturated heterocycles. The quantitative estimate of drug-likeness (QED) is 0.892. The van der Waals surface area contributed by atoms with E-state index >= 15 is 0 Å². The van der Waals surface area contributed by atoms with E-state index in [1.54, 1.807) is 0 Å². The van der Waals surface area contributed by atoms with E-state index in [9.17, 15) is 4.79 Å². The lowest BCUT2D eigenvalue weighted by molar-refractivity contribution is 0.0472. The fraction of sp³-hybridized carbons (Fsp3) is 0.750. The molecule has 2 rings (SSSR count). The first kappa shape index (κ1) is 15.9. The highest BCUT2D eigenvalue weighted by atomic mass is 16.6. The monoisotopic (exact) mass is 293 g/mol. The maximum Gasteiger partial charge on any atom is 0.408 e. The van der Waals surface area contributed by atoms with Crippen molar-refractivity contribution in [2.24, 2.45) is 0 Å². The molecule has 1 fully saturated rings. The molecule has 5 nitrogen and oxygen atoms in total. The molecule has 0 bridgehead atoms. The first-order valence-electron chi connectivity index (χ1n) is 7.70. The van der Waals surface area contributed by atoms with Gasteiger partial charge in [-0.2, -0.15) is 0 Å². The molecule has 0 unspecified atom stereocenters. The molecule has 1 heterocycles. The number of alkyl carbamates (subject to hydrolysis) is 1. The lowest BCUT2D eigenvalue weighted by atomic mass is 9.83. The molecule has 5 heteroatoms. The molecular formula is C16H27N3O2. The Morgan fingerprint density at radius 3 is 2.57 bits per heavy atom. The molecule has 0 radical (unpaired) electrons. The number of carbonyl (C=O) groups excluding carboxylic acids is 1. The summed E-state index contributed by atoms with van der Waals surface area (Å²) in [4.78, 5) is 19.7. The van der Waals surface area contributed by atoms with Crippen LogP contribution in [0, 0.1) is 0 Å². The molecule has 0 aliphatic heterocycles. The van der Waals surface area contributed by atoms with Crippen LogP contribution >= 0.6 is 0 Å². The minimum atomic E-state index is -0.484. The van der Waals surface area contributed by atoms with Crippen LogP contribution in [0.15, 0.2) is 6.20 Å². The minimum Gasteiger partial charge on any atom is -0.444 e. The Balaban J connectivity index is 1.90. The maximum atomic E-state index is 11.9. The molecule has 21 heavy (non-hydrogen) atoms. The van der Waals surface area contributed by atoms with Crippen LogP contribution in [-0.4, -0.2) is 27.2 Å². The first-order valence-corrected chi connectivity index (χ1v) is 7.70. The van der Waals surface area contributed by atoms with Crippen LogP contribution < -0.4 is 5.32 Å². The minimum absolute atomic E-state index is 0.390. The summed E-state index contributed by atoms with van der Waals surface area (Å²) in [7, 11) is 0. The average Bonchev–Trinajstić information content (AvgIpc) is 2.57. The largest absolute Gasteiger partial charge is 0.444 e. The molecule has 1 amide bonds. The van der Waals surface area contributed by atoms with E-state index in [0.717, 1.165) is 5.82 Å². The third-order valence-corrected chi connectivity index (χ3v) is 3.64. The zero-order chi connectivity index (χ0) is 15.7. The van der Waals surface area contributed by atoms with E-state index in [1.165, 1.54) is 25.0 Å². The molecule has 0 spiro atoms. The zero-order valence-corrected chi connectivity index (χ0v) is 13.7. The Bertz CT molecular complexity index is 496. The highest BCUT2D eigenvalue weighted by molar-refractivity contribution is 5.68. The third kappa shape index (κ3) is 4.76. The molecule has 1 aliphatic rings. The van der Waals surface area contributed by atoms with Gasteiger partial charge < -0.3 is 15.0 Å². The van der Waals surface area contributed by atoms with Crippen molar-refractivity contribution in [2.75, 3.05) is 0 Å². The van der Waals surface area contributed by atoms with E-state index in [1.807, 2.05) is 40.8 Å². The molecule has 1 aliphatic carbocycles. The van der Waals surface area contributed by atoms with Gasteiger partial charge in [0.25, 0.3) is 0 Å². The summed E-state index contributed by atoms with van der Waals surface area (Å²) in [6, 6.07) is 0. The van der Waals surface area contributed by atoms with Gasteiger partial charge in [-0.25, -0.2) is 9.78 Å². The lowest BCUT2D eigenvalue weighted by Crippen LogP contribution is -2.47. The molecule has 0 aromatic carbocycles. The summed E-state index contributed by atoms with van der Waals surface area (Å²) in [5.74, 6) is 1.56. The number of aromatic amines is 1. The van der Waals surface area contributed by atoms with Gasteiger partial charge in [0.15, 0.2) is 0 Å². The molecule has 1 aromatic heterocycles. The van der Waals surface area contributed by atoms with Gasteiger partial charge in [-0.15, -0.1) is 0 Å².